The minimum Gasteiger partial charge on any atom is -0.481 e. The molecule has 2 N–H and O–H groups in total. The van der Waals surface area contributed by atoms with Crippen molar-refractivity contribution >= 4 is 11.8 Å². The Morgan fingerprint density at radius 3 is 2.48 bits per heavy atom. The van der Waals surface area contributed by atoms with Crippen molar-refractivity contribution < 1.29 is 23.1 Å². The first-order valence-corrected chi connectivity index (χ1v) is 7.57. The standard InChI is InChI=1S/C18H18F2N2O3/c1-10-5-4-6-16(11(10)2)25-12(3)17(23)21-22-18(24)14-8-7-13(19)9-15(14)20/h4-9,12H,1-3H3,(H,21,23)(H,22,24). The van der Waals surface area contributed by atoms with Crippen molar-refractivity contribution in [1.82, 2.24) is 10.9 Å². The maximum absolute atomic E-state index is 13.5. The summed E-state index contributed by atoms with van der Waals surface area (Å²) >= 11 is 0. The van der Waals surface area contributed by atoms with Gasteiger partial charge in [0.2, 0.25) is 0 Å². The Morgan fingerprint density at radius 1 is 1.08 bits per heavy atom. The summed E-state index contributed by atoms with van der Waals surface area (Å²) in [5.41, 5.74) is 5.76. The van der Waals surface area contributed by atoms with Crippen molar-refractivity contribution in [1.29, 1.82) is 0 Å². The molecule has 1 unspecified atom stereocenters. The summed E-state index contributed by atoms with van der Waals surface area (Å²) in [7, 11) is 0. The summed E-state index contributed by atoms with van der Waals surface area (Å²) in [6.45, 7) is 5.31. The lowest BCUT2D eigenvalue weighted by Gasteiger charge is -2.17. The number of hydrogen-bond acceptors (Lipinski definition) is 3. The summed E-state index contributed by atoms with van der Waals surface area (Å²) in [5, 5.41) is 0. The molecule has 0 fully saturated rings. The zero-order valence-electron chi connectivity index (χ0n) is 14.0. The lowest BCUT2D eigenvalue weighted by Crippen LogP contribution is -2.47. The maximum atomic E-state index is 13.5. The van der Waals surface area contributed by atoms with Crippen LogP contribution in [0.3, 0.4) is 0 Å². The molecule has 0 saturated heterocycles. The number of amides is 2. The van der Waals surface area contributed by atoms with Crippen LogP contribution in [0.2, 0.25) is 0 Å². The number of hydrogen-bond donors (Lipinski definition) is 2. The van der Waals surface area contributed by atoms with Gasteiger partial charge in [-0.2, -0.15) is 0 Å². The summed E-state index contributed by atoms with van der Waals surface area (Å²) in [6.07, 6.45) is -0.890. The smallest absolute Gasteiger partial charge is 0.279 e. The molecule has 0 heterocycles. The number of carbonyl (C=O) groups is 2. The molecule has 1 atom stereocenters. The minimum atomic E-state index is -1.02. The van der Waals surface area contributed by atoms with Crippen LogP contribution < -0.4 is 15.6 Å². The predicted molar refractivity (Wildman–Crippen MR) is 88.0 cm³/mol. The number of halogens is 2. The molecule has 0 aliphatic rings. The largest absolute Gasteiger partial charge is 0.481 e. The van der Waals surface area contributed by atoms with E-state index in [1.807, 2.05) is 19.9 Å². The molecule has 0 spiro atoms. The van der Waals surface area contributed by atoms with Crippen molar-refractivity contribution in [3.05, 3.63) is 64.7 Å². The fraction of sp³-hybridized carbons (Fsp3) is 0.222. The molecule has 0 bridgehead atoms. The molecule has 0 aliphatic heterocycles. The van der Waals surface area contributed by atoms with E-state index in [2.05, 4.69) is 10.9 Å². The van der Waals surface area contributed by atoms with Crippen LogP contribution in [0, 0.1) is 25.5 Å². The van der Waals surface area contributed by atoms with E-state index in [4.69, 9.17) is 4.74 Å². The third-order valence-electron chi connectivity index (χ3n) is 3.70. The van der Waals surface area contributed by atoms with E-state index in [0.29, 0.717) is 11.8 Å². The quantitative estimate of drug-likeness (QED) is 0.835. The predicted octanol–water partition coefficient (Wildman–Crippen LogP) is 2.81. The zero-order valence-corrected chi connectivity index (χ0v) is 14.0. The van der Waals surface area contributed by atoms with Crippen molar-refractivity contribution in [2.45, 2.75) is 26.9 Å². The lowest BCUT2D eigenvalue weighted by atomic mass is 10.1. The van der Waals surface area contributed by atoms with E-state index in [1.165, 1.54) is 6.92 Å². The third-order valence-corrected chi connectivity index (χ3v) is 3.70. The number of rotatable bonds is 4. The average molecular weight is 348 g/mol. The molecular formula is C18H18F2N2O3. The molecule has 0 radical (unpaired) electrons. The Labute approximate surface area is 144 Å². The van der Waals surface area contributed by atoms with Crippen molar-refractivity contribution in [3.8, 4) is 5.75 Å². The number of hydrazine groups is 1. The monoisotopic (exact) mass is 348 g/mol. The van der Waals surface area contributed by atoms with Gasteiger partial charge in [-0.3, -0.25) is 20.4 Å². The van der Waals surface area contributed by atoms with E-state index >= 15 is 0 Å². The van der Waals surface area contributed by atoms with E-state index in [9.17, 15) is 18.4 Å². The molecule has 0 aliphatic carbocycles. The van der Waals surface area contributed by atoms with E-state index < -0.39 is 29.6 Å². The highest BCUT2D eigenvalue weighted by Gasteiger charge is 2.18. The van der Waals surface area contributed by atoms with Crippen LogP contribution in [0.5, 0.6) is 5.75 Å². The van der Waals surface area contributed by atoms with Gasteiger partial charge >= 0.3 is 0 Å². The minimum absolute atomic E-state index is 0.384. The van der Waals surface area contributed by atoms with E-state index in [1.54, 1.807) is 12.1 Å². The molecule has 132 valence electrons. The van der Waals surface area contributed by atoms with Gasteiger partial charge in [0.1, 0.15) is 17.4 Å². The SMILES string of the molecule is Cc1cccc(OC(C)C(=O)NNC(=O)c2ccc(F)cc2F)c1C. The normalized spacial score (nSPS) is 11.6. The first-order chi connectivity index (χ1) is 11.8. The molecule has 2 aromatic rings. The van der Waals surface area contributed by atoms with Gasteiger partial charge < -0.3 is 4.74 Å². The van der Waals surface area contributed by atoms with Crippen LogP contribution in [-0.4, -0.2) is 17.9 Å². The van der Waals surface area contributed by atoms with Crippen LogP contribution in [0.15, 0.2) is 36.4 Å². The van der Waals surface area contributed by atoms with Gasteiger partial charge in [0.15, 0.2) is 6.10 Å². The second kappa shape index (κ2) is 7.74. The third kappa shape index (κ3) is 4.53. The Kier molecular flexibility index (Phi) is 5.69. The summed E-state index contributed by atoms with van der Waals surface area (Å²) in [4.78, 5) is 23.8. The lowest BCUT2D eigenvalue weighted by molar-refractivity contribution is -0.128. The van der Waals surface area contributed by atoms with E-state index in [-0.39, 0.29) is 5.56 Å². The van der Waals surface area contributed by atoms with Crippen LogP contribution in [0.25, 0.3) is 0 Å². The Hall–Kier alpha value is -2.96. The molecule has 5 nitrogen and oxygen atoms in total. The fourth-order valence-electron chi connectivity index (χ4n) is 2.06. The molecule has 0 aromatic heterocycles. The second-order valence-electron chi connectivity index (χ2n) is 5.53. The average Bonchev–Trinajstić information content (AvgIpc) is 2.56. The van der Waals surface area contributed by atoms with Gasteiger partial charge in [-0.25, -0.2) is 8.78 Å². The summed E-state index contributed by atoms with van der Waals surface area (Å²) < 4.78 is 31.9. The number of nitrogens with one attached hydrogen (secondary N) is 2. The fourth-order valence-corrected chi connectivity index (χ4v) is 2.06. The highest BCUT2D eigenvalue weighted by Crippen LogP contribution is 2.21. The molecule has 2 rings (SSSR count). The van der Waals surface area contributed by atoms with Crippen LogP contribution in [-0.2, 0) is 4.79 Å². The van der Waals surface area contributed by atoms with Gasteiger partial charge in [0, 0.05) is 6.07 Å². The van der Waals surface area contributed by atoms with Gasteiger partial charge in [-0.15, -0.1) is 0 Å². The first kappa shape index (κ1) is 18.4. The molecule has 7 heteroatoms. The number of ether oxygens (including phenoxy) is 1. The van der Waals surface area contributed by atoms with Crippen molar-refractivity contribution in [2.75, 3.05) is 0 Å². The second-order valence-corrected chi connectivity index (χ2v) is 5.53. The van der Waals surface area contributed by atoms with Gasteiger partial charge in [-0.05, 0) is 50.1 Å². The highest BCUT2D eigenvalue weighted by molar-refractivity contribution is 5.96. The molecular weight excluding hydrogens is 330 g/mol. The van der Waals surface area contributed by atoms with Crippen molar-refractivity contribution in [2.24, 2.45) is 0 Å². The Bertz CT molecular complexity index is 809. The number of benzene rings is 2. The Balaban J connectivity index is 1.95. The van der Waals surface area contributed by atoms with Crippen LogP contribution >= 0.6 is 0 Å². The molecule has 2 amide bonds. The molecule has 2 aromatic carbocycles. The summed E-state index contributed by atoms with van der Waals surface area (Å²) in [6, 6.07) is 7.99. The summed E-state index contributed by atoms with van der Waals surface area (Å²) in [5.74, 6) is -2.78. The zero-order chi connectivity index (χ0) is 18.6. The van der Waals surface area contributed by atoms with Gasteiger partial charge in [0.05, 0.1) is 5.56 Å². The Morgan fingerprint density at radius 2 is 1.80 bits per heavy atom. The van der Waals surface area contributed by atoms with Crippen LogP contribution in [0.1, 0.15) is 28.4 Å². The molecule has 0 saturated carbocycles. The number of carbonyl (C=O) groups excluding carboxylic acids is 2. The highest BCUT2D eigenvalue weighted by atomic mass is 19.1. The number of aryl methyl sites for hydroxylation is 1. The first-order valence-electron chi connectivity index (χ1n) is 7.57. The van der Waals surface area contributed by atoms with Crippen molar-refractivity contribution in [3.63, 3.8) is 0 Å². The van der Waals surface area contributed by atoms with E-state index in [0.717, 1.165) is 23.3 Å². The topological polar surface area (TPSA) is 67.4 Å². The van der Waals surface area contributed by atoms with Gasteiger partial charge in [0.25, 0.3) is 11.8 Å². The van der Waals surface area contributed by atoms with Gasteiger partial charge in [-0.1, -0.05) is 12.1 Å². The maximum Gasteiger partial charge on any atom is 0.279 e. The van der Waals surface area contributed by atoms with Crippen LogP contribution in [0.4, 0.5) is 8.78 Å². The molecule has 25 heavy (non-hydrogen) atoms.